The molecule has 0 unspecified atom stereocenters. The maximum Gasteiger partial charge on any atom is 0.112 e. The van der Waals surface area contributed by atoms with Gasteiger partial charge in [0.15, 0.2) is 0 Å². The number of hydrogen-bond acceptors (Lipinski definition) is 5. The second-order valence-electron chi connectivity index (χ2n) is 4.83. The van der Waals surface area contributed by atoms with E-state index in [1.54, 1.807) is 11.3 Å². The van der Waals surface area contributed by atoms with Crippen molar-refractivity contribution in [1.29, 1.82) is 0 Å². The molecule has 0 aliphatic carbocycles. The van der Waals surface area contributed by atoms with Crippen LogP contribution in [0.4, 0.5) is 0 Å². The molecule has 0 spiro atoms. The molecule has 1 aliphatic heterocycles. The zero-order chi connectivity index (χ0) is 13.2. The van der Waals surface area contributed by atoms with E-state index in [1.165, 1.54) is 5.69 Å². The fourth-order valence-corrected chi connectivity index (χ4v) is 3.26. The van der Waals surface area contributed by atoms with Crippen molar-refractivity contribution < 1.29 is 4.74 Å². The monoisotopic (exact) mass is 278 g/mol. The fourth-order valence-electron chi connectivity index (χ4n) is 2.34. The molecule has 1 aliphatic rings. The summed E-state index contributed by atoms with van der Waals surface area (Å²) >= 11 is 1.72. The van der Waals surface area contributed by atoms with Crippen LogP contribution in [0.2, 0.25) is 0 Å². The van der Waals surface area contributed by atoms with Crippen LogP contribution < -0.4 is 0 Å². The molecule has 6 heteroatoms. The number of rotatable bonds is 3. The Hall–Kier alpha value is -1.24. The SMILES string of the molecule is Cc1csc([C@H]2COCCN2Cc2ccnn2C)n1. The van der Waals surface area contributed by atoms with Crippen LogP contribution in [-0.2, 0) is 18.3 Å². The van der Waals surface area contributed by atoms with Gasteiger partial charge < -0.3 is 4.74 Å². The molecule has 0 radical (unpaired) electrons. The van der Waals surface area contributed by atoms with Crippen molar-refractivity contribution in [1.82, 2.24) is 19.7 Å². The molecule has 5 nitrogen and oxygen atoms in total. The zero-order valence-corrected chi connectivity index (χ0v) is 12.1. The molecule has 1 atom stereocenters. The van der Waals surface area contributed by atoms with Crippen LogP contribution in [0.1, 0.15) is 22.4 Å². The highest BCUT2D eigenvalue weighted by atomic mass is 32.1. The van der Waals surface area contributed by atoms with Gasteiger partial charge in [-0.1, -0.05) is 0 Å². The van der Waals surface area contributed by atoms with Crippen molar-refractivity contribution in [2.45, 2.75) is 19.5 Å². The van der Waals surface area contributed by atoms with Crippen LogP contribution in [0.5, 0.6) is 0 Å². The molecule has 3 rings (SSSR count). The number of aromatic nitrogens is 3. The highest BCUT2D eigenvalue weighted by molar-refractivity contribution is 7.09. The Morgan fingerprint density at radius 1 is 1.53 bits per heavy atom. The van der Waals surface area contributed by atoms with Crippen LogP contribution in [0.15, 0.2) is 17.6 Å². The summed E-state index contributed by atoms with van der Waals surface area (Å²) < 4.78 is 7.56. The molecule has 1 fully saturated rings. The van der Waals surface area contributed by atoms with Gasteiger partial charge in [0.2, 0.25) is 0 Å². The first kappa shape index (κ1) is 12.8. The highest BCUT2D eigenvalue weighted by Gasteiger charge is 2.27. The molecule has 0 amide bonds. The molecule has 2 aromatic heterocycles. The first-order valence-electron chi connectivity index (χ1n) is 6.45. The van der Waals surface area contributed by atoms with Crippen LogP contribution in [0.25, 0.3) is 0 Å². The van der Waals surface area contributed by atoms with Crippen molar-refractivity contribution >= 4 is 11.3 Å². The maximum atomic E-state index is 5.63. The first-order valence-corrected chi connectivity index (χ1v) is 7.32. The lowest BCUT2D eigenvalue weighted by Gasteiger charge is -2.34. The molecular formula is C13H18N4OS. The third-order valence-electron chi connectivity index (χ3n) is 3.45. The number of thiazole rings is 1. The van der Waals surface area contributed by atoms with Crippen LogP contribution in [-0.4, -0.2) is 39.4 Å². The summed E-state index contributed by atoms with van der Waals surface area (Å²) in [5.74, 6) is 0. The van der Waals surface area contributed by atoms with Crippen molar-refractivity contribution in [3.05, 3.63) is 34.0 Å². The van der Waals surface area contributed by atoms with E-state index in [-0.39, 0.29) is 6.04 Å². The molecule has 3 heterocycles. The van der Waals surface area contributed by atoms with Gasteiger partial charge in [0.05, 0.1) is 24.9 Å². The van der Waals surface area contributed by atoms with Crippen LogP contribution in [0, 0.1) is 6.92 Å². The Labute approximate surface area is 116 Å². The summed E-state index contributed by atoms with van der Waals surface area (Å²) in [7, 11) is 1.98. The number of aryl methyl sites for hydroxylation is 2. The summed E-state index contributed by atoms with van der Waals surface area (Å²) in [6.45, 7) is 5.39. The molecule has 0 N–H and O–H groups in total. The summed E-state index contributed by atoms with van der Waals surface area (Å²) in [6.07, 6.45) is 1.85. The van der Waals surface area contributed by atoms with Gasteiger partial charge in [-0.15, -0.1) is 11.3 Å². The molecule has 1 saturated heterocycles. The fraction of sp³-hybridized carbons (Fsp3) is 0.538. The van der Waals surface area contributed by atoms with Gasteiger partial charge in [-0.05, 0) is 13.0 Å². The van der Waals surface area contributed by atoms with E-state index in [4.69, 9.17) is 4.74 Å². The standard InChI is InChI=1S/C13H18N4OS/c1-10-9-19-13(15-10)12-8-18-6-5-17(12)7-11-3-4-14-16(11)2/h3-4,9,12H,5-8H2,1-2H3/t12-/m1/s1. The van der Waals surface area contributed by atoms with Gasteiger partial charge in [0.1, 0.15) is 5.01 Å². The summed E-state index contributed by atoms with van der Waals surface area (Å²) in [6, 6.07) is 2.34. The Bertz CT molecular complexity index is 550. The zero-order valence-electron chi connectivity index (χ0n) is 11.2. The van der Waals surface area contributed by atoms with E-state index in [9.17, 15) is 0 Å². The second-order valence-corrected chi connectivity index (χ2v) is 5.72. The van der Waals surface area contributed by atoms with Gasteiger partial charge >= 0.3 is 0 Å². The van der Waals surface area contributed by atoms with Crippen molar-refractivity contribution in [3.8, 4) is 0 Å². The average molecular weight is 278 g/mol. The Morgan fingerprint density at radius 2 is 2.42 bits per heavy atom. The third-order valence-corrected chi connectivity index (χ3v) is 4.51. The van der Waals surface area contributed by atoms with E-state index in [1.807, 2.05) is 24.9 Å². The minimum absolute atomic E-state index is 0.266. The van der Waals surface area contributed by atoms with Crippen molar-refractivity contribution in [3.63, 3.8) is 0 Å². The predicted octanol–water partition coefficient (Wildman–Crippen LogP) is 1.76. The van der Waals surface area contributed by atoms with Gasteiger partial charge in [0, 0.05) is 37.4 Å². The molecule has 2 aromatic rings. The maximum absolute atomic E-state index is 5.63. The molecule has 0 saturated carbocycles. The minimum atomic E-state index is 0.266. The smallest absolute Gasteiger partial charge is 0.112 e. The van der Waals surface area contributed by atoms with E-state index in [0.717, 1.165) is 37.0 Å². The number of hydrogen-bond donors (Lipinski definition) is 0. The normalized spacial score (nSPS) is 20.8. The largest absolute Gasteiger partial charge is 0.378 e. The Kier molecular flexibility index (Phi) is 3.63. The molecule has 102 valence electrons. The lowest BCUT2D eigenvalue weighted by Crippen LogP contribution is -2.39. The summed E-state index contributed by atoms with van der Waals surface area (Å²) in [5, 5.41) is 7.49. The van der Waals surface area contributed by atoms with E-state index in [0.29, 0.717) is 0 Å². The molecule has 0 aromatic carbocycles. The Balaban J connectivity index is 1.79. The minimum Gasteiger partial charge on any atom is -0.378 e. The molecule has 0 bridgehead atoms. The summed E-state index contributed by atoms with van der Waals surface area (Å²) in [5.41, 5.74) is 2.31. The van der Waals surface area contributed by atoms with Gasteiger partial charge in [-0.2, -0.15) is 5.10 Å². The quantitative estimate of drug-likeness (QED) is 0.858. The van der Waals surface area contributed by atoms with Crippen molar-refractivity contribution in [2.75, 3.05) is 19.8 Å². The van der Waals surface area contributed by atoms with Gasteiger partial charge in [-0.3, -0.25) is 9.58 Å². The predicted molar refractivity (Wildman–Crippen MR) is 74.0 cm³/mol. The summed E-state index contributed by atoms with van der Waals surface area (Å²) in [4.78, 5) is 7.04. The van der Waals surface area contributed by atoms with E-state index in [2.05, 4.69) is 26.4 Å². The van der Waals surface area contributed by atoms with E-state index >= 15 is 0 Å². The lowest BCUT2D eigenvalue weighted by atomic mass is 10.2. The lowest BCUT2D eigenvalue weighted by molar-refractivity contribution is -0.0138. The van der Waals surface area contributed by atoms with Crippen molar-refractivity contribution in [2.24, 2.45) is 7.05 Å². The third kappa shape index (κ3) is 2.70. The van der Waals surface area contributed by atoms with Gasteiger partial charge in [0.25, 0.3) is 0 Å². The number of ether oxygens (including phenoxy) is 1. The average Bonchev–Trinajstić information content (AvgIpc) is 3.00. The van der Waals surface area contributed by atoms with E-state index < -0.39 is 0 Å². The van der Waals surface area contributed by atoms with Crippen LogP contribution >= 0.6 is 11.3 Å². The Morgan fingerprint density at radius 3 is 3.11 bits per heavy atom. The van der Waals surface area contributed by atoms with Gasteiger partial charge in [-0.25, -0.2) is 4.98 Å². The molecule has 19 heavy (non-hydrogen) atoms. The molecular weight excluding hydrogens is 260 g/mol. The highest BCUT2D eigenvalue weighted by Crippen LogP contribution is 2.28. The topological polar surface area (TPSA) is 43.2 Å². The number of morpholine rings is 1. The first-order chi connectivity index (χ1) is 9.24. The number of nitrogens with zero attached hydrogens (tertiary/aromatic N) is 4. The second kappa shape index (κ2) is 5.40. The van der Waals surface area contributed by atoms with Crippen LogP contribution in [0.3, 0.4) is 0 Å².